The third-order valence-electron chi connectivity index (χ3n) is 7.77. The Morgan fingerprint density at radius 1 is 0.432 bits per heavy atom. The fourth-order valence-electron chi connectivity index (χ4n) is 5.53. The van der Waals surface area contributed by atoms with E-state index in [2.05, 4.69) is 146 Å². The molecule has 0 spiro atoms. The van der Waals surface area contributed by atoms with Crippen LogP contribution in [0.1, 0.15) is 49.4 Å². The highest BCUT2D eigenvalue weighted by Crippen LogP contribution is 2.51. The summed E-state index contributed by atoms with van der Waals surface area (Å²) in [6.45, 7) is 16.2. The lowest BCUT2D eigenvalue weighted by atomic mass is 9.99. The van der Waals surface area contributed by atoms with Gasteiger partial charge in [0.15, 0.2) is 0 Å². The van der Waals surface area contributed by atoms with Gasteiger partial charge >= 0.3 is 0 Å². The molecule has 2 unspecified atom stereocenters. The predicted octanol–water partition coefficient (Wildman–Crippen LogP) is 8.29. The second-order valence-corrected chi connectivity index (χ2v) is 15.8. The second kappa shape index (κ2) is 12.5. The molecule has 192 valence electrons. The van der Waals surface area contributed by atoms with Gasteiger partial charge in [0, 0.05) is 0 Å². The van der Waals surface area contributed by atoms with E-state index in [4.69, 9.17) is 0 Å². The average Bonchev–Trinajstić information content (AvgIpc) is 2.89. The van der Waals surface area contributed by atoms with Gasteiger partial charge in [0.1, 0.15) is 0 Å². The molecule has 0 aliphatic heterocycles. The van der Waals surface area contributed by atoms with Crippen LogP contribution in [0, 0.1) is 33.6 Å². The Hall–Kier alpha value is -2.26. The molecule has 0 heterocycles. The zero-order valence-corrected chi connectivity index (χ0v) is 25.4. The SMILES string of the molecule is CCC(C(C)P(c1ccc(C)cc1)c1ccc(C)cc1)C(C)P(c1ccc(C)cc1)c1ccc(C)cc1. The molecule has 0 nitrogen and oxygen atoms in total. The molecule has 2 heteroatoms. The average molecular weight is 525 g/mol. The molecule has 4 aromatic carbocycles. The maximum atomic E-state index is 2.54. The van der Waals surface area contributed by atoms with E-state index in [0.717, 1.165) is 0 Å². The van der Waals surface area contributed by atoms with Gasteiger partial charge in [0.25, 0.3) is 0 Å². The zero-order valence-electron chi connectivity index (χ0n) is 23.6. The summed E-state index contributed by atoms with van der Waals surface area (Å²) in [6, 6.07) is 37.4. The van der Waals surface area contributed by atoms with Crippen molar-refractivity contribution in [3.8, 4) is 0 Å². The van der Waals surface area contributed by atoms with Crippen molar-refractivity contribution in [3.63, 3.8) is 0 Å². The van der Waals surface area contributed by atoms with Crippen molar-refractivity contribution >= 4 is 37.1 Å². The van der Waals surface area contributed by atoms with Crippen LogP contribution in [-0.2, 0) is 0 Å². The lowest BCUT2D eigenvalue weighted by molar-refractivity contribution is 0.495. The van der Waals surface area contributed by atoms with E-state index < -0.39 is 15.8 Å². The summed E-state index contributed by atoms with van der Waals surface area (Å²) >= 11 is 0. The van der Waals surface area contributed by atoms with E-state index >= 15 is 0 Å². The summed E-state index contributed by atoms with van der Waals surface area (Å²) in [5.41, 5.74) is 6.47. The lowest BCUT2D eigenvalue weighted by Crippen LogP contribution is -2.34. The molecule has 37 heavy (non-hydrogen) atoms. The van der Waals surface area contributed by atoms with Crippen LogP contribution in [-0.4, -0.2) is 11.3 Å². The van der Waals surface area contributed by atoms with E-state index in [1.807, 2.05) is 0 Å². The summed E-state index contributed by atoms with van der Waals surface area (Å²) in [4.78, 5) is 0. The predicted molar refractivity (Wildman–Crippen MR) is 170 cm³/mol. The molecule has 2 atom stereocenters. The van der Waals surface area contributed by atoms with Crippen LogP contribution in [0.25, 0.3) is 0 Å². The van der Waals surface area contributed by atoms with E-state index in [1.165, 1.54) is 49.9 Å². The lowest BCUT2D eigenvalue weighted by Gasteiger charge is -2.39. The molecule has 0 aromatic heterocycles. The fourth-order valence-corrected chi connectivity index (χ4v) is 11.7. The summed E-state index contributed by atoms with van der Waals surface area (Å²) < 4.78 is 0. The Balaban J connectivity index is 1.77. The molecule has 0 aliphatic rings. The number of hydrogen-bond acceptors (Lipinski definition) is 0. The Kier molecular flexibility index (Phi) is 9.40. The third kappa shape index (κ3) is 6.60. The van der Waals surface area contributed by atoms with E-state index in [1.54, 1.807) is 0 Å². The second-order valence-electron chi connectivity index (χ2n) is 10.6. The topological polar surface area (TPSA) is 0 Å². The van der Waals surface area contributed by atoms with Gasteiger partial charge < -0.3 is 0 Å². The molecule has 0 N–H and O–H groups in total. The minimum Gasteiger partial charge on any atom is -0.0651 e. The smallest absolute Gasteiger partial charge is 0.0123 e. The minimum atomic E-state index is -0.477. The molecule has 0 fully saturated rings. The Bertz CT molecular complexity index is 1060. The zero-order chi connectivity index (χ0) is 26.5. The van der Waals surface area contributed by atoms with Gasteiger partial charge in [0.2, 0.25) is 0 Å². The van der Waals surface area contributed by atoms with E-state index in [-0.39, 0.29) is 0 Å². The highest BCUT2D eigenvalue weighted by atomic mass is 31.1. The molecule has 0 aliphatic carbocycles. The molecule has 4 aromatic rings. The van der Waals surface area contributed by atoms with Crippen molar-refractivity contribution < 1.29 is 0 Å². The normalized spacial score (nSPS) is 14.1. The van der Waals surface area contributed by atoms with E-state index in [9.17, 15) is 0 Å². The number of hydrogen-bond donors (Lipinski definition) is 0. The maximum Gasteiger partial charge on any atom is -0.0123 e. The summed E-state index contributed by atoms with van der Waals surface area (Å²) in [7, 11) is -0.954. The van der Waals surface area contributed by atoms with Crippen LogP contribution in [0.2, 0.25) is 0 Å². The first-order chi connectivity index (χ1) is 17.8. The molecule has 4 rings (SSSR count). The Labute approximate surface area is 228 Å². The number of benzene rings is 4. The molecular formula is C35H42P2. The molecule has 0 saturated carbocycles. The van der Waals surface area contributed by atoms with Gasteiger partial charge in [-0.05, 0) is 82.0 Å². The summed E-state index contributed by atoms with van der Waals surface area (Å²) in [5.74, 6) is 0.613. The van der Waals surface area contributed by atoms with Crippen molar-refractivity contribution in [1.29, 1.82) is 0 Å². The van der Waals surface area contributed by atoms with Crippen molar-refractivity contribution in [2.45, 2.75) is 66.2 Å². The Morgan fingerprint density at radius 2 is 0.649 bits per heavy atom. The summed E-state index contributed by atoms with van der Waals surface area (Å²) in [5, 5.41) is 5.99. The molecule has 0 saturated heterocycles. The highest BCUT2D eigenvalue weighted by Gasteiger charge is 2.35. The van der Waals surface area contributed by atoms with Gasteiger partial charge in [-0.25, -0.2) is 0 Å². The van der Waals surface area contributed by atoms with Crippen LogP contribution in [0.15, 0.2) is 97.1 Å². The molecule has 0 radical (unpaired) electrons. The van der Waals surface area contributed by atoms with Crippen molar-refractivity contribution in [1.82, 2.24) is 0 Å². The number of aryl methyl sites for hydroxylation is 4. The van der Waals surface area contributed by atoms with Gasteiger partial charge in [-0.15, -0.1) is 0 Å². The van der Waals surface area contributed by atoms with Crippen molar-refractivity contribution in [2.75, 3.05) is 0 Å². The first-order valence-electron chi connectivity index (χ1n) is 13.6. The standard InChI is InChI=1S/C35H42P2/c1-8-35(29(6)36(31-17-9-25(2)10-18-31)32-19-11-26(3)12-20-32)30(7)37(33-21-13-27(4)14-22-33)34-23-15-28(5)16-24-34/h9-24,29-30,35H,8H2,1-7H3. The fraction of sp³-hybridized carbons (Fsp3) is 0.314. The van der Waals surface area contributed by atoms with Gasteiger partial charge in [0.05, 0.1) is 0 Å². The Morgan fingerprint density at radius 3 is 0.838 bits per heavy atom. The van der Waals surface area contributed by atoms with Crippen LogP contribution in [0.5, 0.6) is 0 Å². The van der Waals surface area contributed by atoms with Gasteiger partial charge in [-0.1, -0.05) is 147 Å². The van der Waals surface area contributed by atoms with Crippen molar-refractivity contribution in [2.24, 2.45) is 5.92 Å². The third-order valence-corrected chi connectivity index (χ3v) is 13.6. The number of rotatable bonds is 9. The van der Waals surface area contributed by atoms with E-state index in [0.29, 0.717) is 17.2 Å². The van der Waals surface area contributed by atoms with Gasteiger partial charge in [-0.3, -0.25) is 0 Å². The largest absolute Gasteiger partial charge is 0.0651 e. The first-order valence-corrected chi connectivity index (χ1v) is 16.5. The van der Waals surface area contributed by atoms with Crippen molar-refractivity contribution in [3.05, 3.63) is 119 Å². The highest BCUT2D eigenvalue weighted by molar-refractivity contribution is 7.74. The van der Waals surface area contributed by atoms with Crippen LogP contribution in [0.4, 0.5) is 0 Å². The molecular weight excluding hydrogens is 482 g/mol. The first kappa shape index (κ1) is 27.8. The molecule has 0 amide bonds. The quantitative estimate of drug-likeness (QED) is 0.193. The van der Waals surface area contributed by atoms with Crippen LogP contribution in [0.3, 0.4) is 0 Å². The monoisotopic (exact) mass is 524 g/mol. The van der Waals surface area contributed by atoms with Crippen LogP contribution >= 0.6 is 15.8 Å². The summed E-state index contributed by atoms with van der Waals surface area (Å²) in [6.07, 6.45) is 1.19. The van der Waals surface area contributed by atoms with Crippen LogP contribution < -0.4 is 21.2 Å². The van der Waals surface area contributed by atoms with Gasteiger partial charge in [-0.2, -0.15) is 0 Å². The minimum absolute atomic E-state index is 0.477. The maximum absolute atomic E-state index is 2.54. The molecule has 0 bridgehead atoms.